The number of carbonyl (C=O) groups is 1. The van der Waals surface area contributed by atoms with Crippen LogP contribution in [0.5, 0.6) is 0 Å². The first kappa shape index (κ1) is 18.0. The minimum Gasteiger partial charge on any atom is -0.384 e. The fraction of sp³-hybridized carbons (Fsp3) is 0.217. The minimum absolute atomic E-state index is 0.0226. The highest BCUT2D eigenvalue weighted by atomic mass is 19.1. The summed E-state index contributed by atoms with van der Waals surface area (Å²) in [7, 11) is 0. The number of nitrogens with two attached hydrogens (primary N) is 1. The quantitative estimate of drug-likeness (QED) is 0.845. The van der Waals surface area contributed by atoms with Gasteiger partial charge < -0.3 is 5.73 Å². The molecule has 0 aromatic heterocycles. The lowest BCUT2D eigenvalue weighted by atomic mass is 9.75. The molecular weight excluding hydrogens is 353 g/mol. The average molecular weight is 373 g/mol. The van der Waals surface area contributed by atoms with Gasteiger partial charge in [0.1, 0.15) is 11.6 Å². The van der Waals surface area contributed by atoms with Crippen LogP contribution in [-0.4, -0.2) is 5.78 Å². The number of rotatable bonds is 2. The molecular formula is C23H20FN3O. The average Bonchev–Trinajstić information content (AvgIpc) is 2.69. The molecule has 5 heteroatoms. The molecule has 1 atom stereocenters. The van der Waals surface area contributed by atoms with Crippen LogP contribution >= 0.6 is 0 Å². The summed E-state index contributed by atoms with van der Waals surface area (Å²) in [6.45, 7) is 1.98. The van der Waals surface area contributed by atoms with Crippen molar-refractivity contribution >= 4 is 11.5 Å². The Kier molecular flexibility index (Phi) is 4.48. The first-order valence-electron chi connectivity index (χ1n) is 9.30. The SMILES string of the molecule is Cc1ccccc1N1C(N)=C(C#N)[C@@H](c2ccc(F)cc2)C2=C1CCCC2=O. The first-order valence-corrected chi connectivity index (χ1v) is 9.30. The Bertz CT molecular complexity index is 1060. The van der Waals surface area contributed by atoms with Gasteiger partial charge in [-0.25, -0.2) is 4.39 Å². The second kappa shape index (κ2) is 6.97. The van der Waals surface area contributed by atoms with Crippen molar-refractivity contribution in [2.24, 2.45) is 5.73 Å². The number of anilines is 1. The molecule has 1 aliphatic heterocycles. The van der Waals surface area contributed by atoms with Gasteiger partial charge in [0.05, 0.1) is 23.2 Å². The molecule has 2 aromatic rings. The maximum atomic E-state index is 13.5. The molecule has 0 amide bonds. The summed E-state index contributed by atoms with van der Waals surface area (Å²) in [4.78, 5) is 14.8. The number of aryl methyl sites for hydroxylation is 1. The minimum atomic E-state index is -0.561. The lowest BCUT2D eigenvalue weighted by molar-refractivity contribution is -0.116. The van der Waals surface area contributed by atoms with Crippen LogP contribution in [0, 0.1) is 24.1 Å². The van der Waals surface area contributed by atoms with E-state index in [4.69, 9.17) is 5.73 Å². The van der Waals surface area contributed by atoms with E-state index < -0.39 is 5.92 Å². The Morgan fingerprint density at radius 2 is 1.86 bits per heavy atom. The number of halogens is 1. The van der Waals surface area contributed by atoms with Gasteiger partial charge in [-0.3, -0.25) is 9.69 Å². The molecule has 2 aliphatic rings. The number of para-hydroxylation sites is 1. The van der Waals surface area contributed by atoms with Crippen LogP contribution < -0.4 is 10.6 Å². The van der Waals surface area contributed by atoms with Crippen LogP contribution in [-0.2, 0) is 4.79 Å². The van der Waals surface area contributed by atoms with Crippen LogP contribution in [0.3, 0.4) is 0 Å². The van der Waals surface area contributed by atoms with E-state index in [0.29, 0.717) is 35.4 Å². The molecule has 0 saturated carbocycles. The van der Waals surface area contributed by atoms with Crippen molar-refractivity contribution in [3.05, 3.63) is 88.1 Å². The topological polar surface area (TPSA) is 70.1 Å². The van der Waals surface area contributed by atoms with Crippen molar-refractivity contribution < 1.29 is 9.18 Å². The lowest BCUT2D eigenvalue weighted by Crippen LogP contribution is -2.39. The fourth-order valence-electron chi connectivity index (χ4n) is 4.16. The summed E-state index contributed by atoms with van der Waals surface area (Å²) < 4.78 is 13.5. The van der Waals surface area contributed by atoms with Gasteiger partial charge in [0.15, 0.2) is 5.78 Å². The third-order valence-corrected chi connectivity index (χ3v) is 5.47. The highest BCUT2D eigenvalue weighted by Gasteiger charge is 2.40. The van der Waals surface area contributed by atoms with Gasteiger partial charge in [-0.05, 0) is 49.1 Å². The van der Waals surface area contributed by atoms with Gasteiger partial charge in [-0.2, -0.15) is 5.26 Å². The molecule has 4 nitrogen and oxygen atoms in total. The zero-order valence-corrected chi connectivity index (χ0v) is 15.6. The Morgan fingerprint density at radius 3 is 2.54 bits per heavy atom. The molecule has 1 aliphatic carbocycles. The molecule has 28 heavy (non-hydrogen) atoms. The van der Waals surface area contributed by atoms with Crippen molar-refractivity contribution in [1.82, 2.24) is 0 Å². The Hall–Kier alpha value is -3.39. The first-order chi connectivity index (χ1) is 13.5. The number of carbonyl (C=O) groups excluding carboxylic acids is 1. The van der Waals surface area contributed by atoms with E-state index in [2.05, 4.69) is 6.07 Å². The van der Waals surface area contributed by atoms with E-state index >= 15 is 0 Å². The molecule has 0 spiro atoms. The molecule has 2 aromatic carbocycles. The third-order valence-electron chi connectivity index (χ3n) is 5.47. The van der Waals surface area contributed by atoms with E-state index in [0.717, 1.165) is 23.4 Å². The van der Waals surface area contributed by atoms with Crippen LogP contribution in [0.15, 0.2) is 71.2 Å². The molecule has 0 radical (unpaired) electrons. The van der Waals surface area contributed by atoms with Gasteiger partial charge in [0.2, 0.25) is 0 Å². The zero-order chi connectivity index (χ0) is 19.8. The number of nitriles is 1. The second-order valence-corrected chi connectivity index (χ2v) is 7.15. The van der Waals surface area contributed by atoms with Gasteiger partial charge in [-0.15, -0.1) is 0 Å². The standard InChI is InChI=1S/C23H20FN3O/c1-14-5-2-3-6-18(14)27-19-7-4-8-20(28)22(19)21(17(13-25)23(27)26)15-9-11-16(24)12-10-15/h2-3,5-6,9-12,21H,4,7-8,26H2,1H3/t21-/m1/s1. The maximum Gasteiger partial charge on any atom is 0.161 e. The molecule has 140 valence electrons. The summed E-state index contributed by atoms with van der Waals surface area (Å²) in [5, 5.41) is 9.94. The molecule has 0 fully saturated rings. The summed E-state index contributed by atoms with van der Waals surface area (Å²) in [6.07, 6.45) is 1.88. The Morgan fingerprint density at radius 1 is 1.14 bits per heavy atom. The highest BCUT2D eigenvalue weighted by Crippen LogP contribution is 2.46. The normalized spacial score (nSPS) is 19.5. The van der Waals surface area contributed by atoms with Crippen molar-refractivity contribution in [1.29, 1.82) is 5.26 Å². The Labute approximate surface area is 163 Å². The van der Waals surface area contributed by atoms with Crippen LogP contribution in [0.4, 0.5) is 10.1 Å². The fourth-order valence-corrected chi connectivity index (χ4v) is 4.16. The van der Waals surface area contributed by atoms with E-state index in [-0.39, 0.29) is 11.6 Å². The van der Waals surface area contributed by atoms with Gasteiger partial charge in [0, 0.05) is 17.7 Å². The number of hydrogen-bond donors (Lipinski definition) is 1. The smallest absolute Gasteiger partial charge is 0.161 e. The number of hydrogen-bond acceptors (Lipinski definition) is 4. The zero-order valence-electron chi connectivity index (χ0n) is 15.6. The van der Waals surface area contributed by atoms with Crippen LogP contribution in [0.2, 0.25) is 0 Å². The largest absolute Gasteiger partial charge is 0.384 e. The summed E-state index contributed by atoms with van der Waals surface area (Å²) in [6, 6.07) is 15.9. The van der Waals surface area contributed by atoms with Crippen LogP contribution in [0.25, 0.3) is 0 Å². The van der Waals surface area contributed by atoms with E-state index in [1.807, 2.05) is 36.1 Å². The summed E-state index contributed by atoms with van der Waals surface area (Å²) in [5.41, 5.74) is 10.9. The van der Waals surface area contributed by atoms with Gasteiger partial charge >= 0.3 is 0 Å². The van der Waals surface area contributed by atoms with Crippen LogP contribution in [0.1, 0.15) is 36.3 Å². The molecule has 4 rings (SSSR count). The summed E-state index contributed by atoms with van der Waals surface area (Å²) in [5.74, 6) is -0.566. The Balaban J connectivity index is 1.98. The molecule has 0 bridgehead atoms. The number of nitrogens with zero attached hydrogens (tertiary/aromatic N) is 2. The number of ketones is 1. The van der Waals surface area contributed by atoms with Crippen molar-refractivity contribution in [3.8, 4) is 6.07 Å². The maximum absolute atomic E-state index is 13.5. The number of benzene rings is 2. The van der Waals surface area contributed by atoms with Gasteiger partial charge in [-0.1, -0.05) is 30.3 Å². The second-order valence-electron chi connectivity index (χ2n) is 7.15. The third kappa shape index (κ3) is 2.78. The predicted octanol–water partition coefficient (Wildman–Crippen LogP) is 4.44. The van der Waals surface area contributed by atoms with E-state index in [1.54, 1.807) is 12.1 Å². The highest BCUT2D eigenvalue weighted by molar-refractivity contribution is 6.01. The molecule has 0 unspecified atom stereocenters. The van der Waals surface area contributed by atoms with Gasteiger partial charge in [0.25, 0.3) is 0 Å². The number of Topliss-reactive ketones (excluding diaryl/α,β-unsaturated/α-hetero) is 1. The predicted molar refractivity (Wildman–Crippen MR) is 106 cm³/mol. The van der Waals surface area contributed by atoms with E-state index in [1.165, 1.54) is 12.1 Å². The molecule has 2 N–H and O–H groups in total. The van der Waals surface area contributed by atoms with Crippen molar-refractivity contribution in [3.63, 3.8) is 0 Å². The monoisotopic (exact) mass is 373 g/mol. The van der Waals surface area contributed by atoms with Crippen molar-refractivity contribution in [2.45, 2.75) is 32.1 Å². The molecule has 0 saturated heterocycles. The van der Waals surface area contributed by atoms with Crippen molar-refractivity contribution in [2.75, 3.05) is 4.90 Å². The lowest BCUT2D eigenvalue weighted by Gasteiger charge is -2.40. The number of allylic oxidation sites excluding steroid dienone is 3. The summed E-state index contributed by atoms with van der Waals surface area (Å²) >= 11 is 0. The molecule has 1 heterocycles. The van der Waals surface area contributed by atoms with E-state index in [9.17, 15) is 14.4 Å².